The van der Waals surface area contributed by atoms with Gasteiger partial charge in [0, 0.05) is 37.6 Å². The van der Waals surface area contributed by atoms with E-state index in [4.69, 9.17) is 15.7 Å². The molecule has 34 heavy (non-hydrogen) atoms. The minimum absolute atomic E-state index is 0.103. The molecule has 1 aromatic heterocycles. The summed E-state index contributed by atoms with van der Waals surface area (Å²) in [5, 5.41) is 23.1. The van der Waals surface area contributed by atoms with Crippen molar-refractivity contribution in [3.05, 3.63) is 70.0 Å². The number of aliphatic hydroxyl groups is 1. The number of morpholine rings is 1. The van der Waals surface area contributed by atoms with Crippen LogP contribution in [0.3, 0.4) is 0 Å². The second-order valence-electron chi connectivity index (χ2n) is 7.88. The number of hydrogen-bond acceptors (Lipinski definition) is 7. The number of pyridine rings is 1. The summed E-state index contributed by atoms with van der Waals surface area (Å²) in [7, 11) is 1.64. The van der Waals surface area contributed by atoms with Gasteiger partial charge in [-0.3, -0.25) is 14.4 Å². The molecule has 174 valence electrons. The number of nitrogens with one attached hydrogen (secondary N) is 1. The molecule has 4 N–H and O–H groups in total. The standard InChI is InChI=1S/C24H23N5O5/c1-28-19-11-18(6-3-14(19)4-7-20(28)30)29-8-9-34-22(24(29)33)21(31)23(32)27-17-5-2-15(12-25)16(10-17)13-26/h2-7,10-11,21-22,31H,8-9,13,26H2,1H3,(H,27,32)/t21-,22-/m1/s1. The Hall–Kier alpha value is -4.04. The molecule has 1 aliphatic heterocycles. The van der Waals surface area contributed by atoms with Crippen molar-refractivity contribution in [2.24, 2.45) is 12.8 Å². The van der Waals surface area contributed by atoms with E-state index in [9.17, 15) is 19.5 Å². The number of rotatable bonds is 5. The summed E-state index contributed by atoms with van der Waals surface area (Å²) in [6, 6.07) is 15.0. The monoisotopic (exact) mass is 461 g/mol. The topological polar surface area (TPSA) is 151 Å². The van der Waals surface area contributed by atoms with Crippen LogP contribution in [0.5, 0.6) is 0 Å². The maximum atomic E-state index is 13.1. The SMILES string of the molecule is Cn1c(=O)ccc2ccc(N3CCO[C@H]([C@@H](O)C(=O)Nc4ccc(C#N)c(CN)c4)C3=O)cc21. The Morgan fingerprint density at radius 3 is 2.76 bits per heavy atom. The summed E-state index contributed by atoms with van der Waals surface area (Å²) in [6.45, 7) is 0.442. The lowest BCUT2D eigenvalue weighted by Crippen LogP contribution is -2.55. The largest absolute Gasteiger partial charge is 0.380 e. The molecular formula is C24H23N5O5. The second kappa shape index (κ2) is 9.44. The number of aromatic nitrogens is 1. The van der Waals surface area contributed by atoms with E-state index in [-0.39, 0.29) is 25.3 Å². The predicted octanol–water partition coefficient (Wildman–Crippen LogP) is 0.600. The molecule has 10 heteroatoms. The Bertz CT molecular complexity index is 1380. The summed E-state index contributed by atoms with van der Waals surface area (Å²) >= 11 is 0. The van der Waals surface area contributed by atoms with Crippen LogP contribution in [0.4, 0.5) is 11.4 Å². The number of ether oxygens (including phenoxy) is 1. The van der Waals surface area contributed by atoms with Crippen LogP contribution in [-0.4, -0.2) is 46.8 Å². The fourth-order valence-corrected chi connectivity index (χ4v) is 3.91. The molecule has 1 fully saturated rings. The van der Waals surface area contributed by atoms with Crippen molar-refractivity contribution in [3.63, 3.8) is 0 Å². The molecule has 3 aromatic rings. The first-order valence-corrected chi connectivity index (χ1v) is 10.6. The van der Waals surface area contributed by atoms with Crippen molar-refractivity contribution in [2.75, 3.05) is 23.4 Å². The number of amides is 2. The molecule has 2 aromatic carbocycles. The van der Waals surface area contributed by atoms with Gasteiger partial charge in [-0.05, 0) is 47.3 Å². The molecular weight excluding hydrogens is 438 g/mol. The number of benzene rings is 2. The van der Waals surface area contributed by atoms with Crippen LogP contribution < -0.4 is 21.5 Å². The zero-order valence-electron chi connectivity index (χ0n) is 18.4. The van der Waals surface area contributed by atoms with Crippen LogP contribution in [-0.2, 0) is 27.9 Å². The minimum Gasteiger partial charge on any atom is -0.380 e. The summed E-state index contributed by atoms with van der Waals surface area (Å²) in [5.74, 6) is -1.40. The van der Waals surface area contributed by atoms with Crippen LogP contribution in [0, 0.1) is 11.3 Å². The third-order valence-corrected chi connectivity index (χ3v) is 5.81. The maximum Gasteiger partial charge on any atom is 0.259 e. The number of carbonyl (C=O) groups excluding carboxylic acids is 2. The van der Waals surface area contributed by atoms with E-state index in [0.29, 0.717) is 28.0 Å². The van der Waals surface area contributed by atoms with Crippen molar-refractivity contribution in [3.8, 4) is 6.07 Å². The Morgan fingerprint density at radius 1 is 1.26 bits per heavy atom. The van der Waals surface area contributed by atoms with Gasteiger partial charge in [-0.15, -0.1) is 0 Å². The number of nitrogens with zero attached hydrogens (tertiary/aromatic N) is 3. The number of nitriles is 1. The van der Waals surface area contributed by atoms with Gasteiger partial charge in [0.05, 0.1) is 23.8 Å². The summed E-state index contributed by atoms with van der Waals surface area (Å²) < 4.78 is 6.94. The van der Waals surface area contributed by atoms with Crippen LogP contribution in [0.15, 0.2) is 53.3 Å². The molecule has 0 aliphatic carbocycles. The van der Waals surface area contributed by atoms with Crippen LogP contribution in [0.2, 0.25) is 0 Å². The Labute approximate surface area is 194 Å². The third-order valence-electron chi connectivity index (χ3n) is 5.81. The highest BCUT2D eigenvalue weighted by Gasteiger charge is 2.39. The summed E-state index contributed by atoms with van der Waals surface area (Å²) in [6.07, 6.45) is -3.17. The number of hydrogen-bond donors (Lipinski definition) is 3. The van der Waals surface area contributed by atoms with Crippen molar-refractivity contribution >= 4 is 34.1 Å². The fraction of sp³-hybridized carbons (Fsp3) is 0.250. The van der Waals surface area contributed by atoms with Gasteiger partial charge < -0.3 is 30.4 Å². The fourth-order valence-electron chi connectivity index (χ4n) is 3.91. The lowest BCUT2D eigenvalue weighted by atomic mass is 10.1. The average molecular weight is 461 g/mol. The molecule has 2 atom stereocenters. The van der Waals surface area contributed by atoms with Crippen LogP contribution >= 0.6 is 0 Å². The van der Waals surface area contributed by atoms with Gasteiger partial charge in [-0.25, -0.2) is 0 Å². The van der Waals surface area contributed by atoms with E-state index in [1.165, 1.54) is 27.7 Å². The summed E-state index contributed by atoms with van der Waals surface area (Å²) in [5.41, 5.74) is 7.90. The Balaban J connectivity index is 1.54. The van der Waals surface area contributed by atoms with Crippen LogP contribution in [0.25, 0.3) is 10.9 Å². The van der Waals surface area contributed by atoms with Gasteiger partial charge in [-0.2, -0.15) is 5.26 Å². The van der Waals surface area contributed by atoms with Gasteiger partial charge in [0.2, 0.25) is 0 Å². The molecule has 10 nitrogen and oxygen atoms in total. The number of nitrogens with two attached hydrogens (primary N) is 1. The van der Waals surface area contributed by atoms with Crippen molar-refractivity contribution in [1.82, 2.24) is 4.57 Å². The second-order valence-corrected chi connectivity index (χ2v) is 7.88. The van der Waals surface area contributed by atoms with Crippen molar-refractivity contribution < 1.29 is 19.4 Å². The van der Waals surface area contributed by atoms with E-state index in [1.54, 1.807) is 37.4 Å². The zero-order chi connectivity index (χ0) is 24.4. The van der Waals surface area contributed by atoms with E-state index < -0.39 is 24.0 Å². The predicted molar refractivity (Wildman–Crippen MR) is 125 cm³/mol. The van der Waals surface area contributed by atoms with E-state index in [2.05, 4.69) is 5.32 Å². The molecule has 1 saturated heterocycles. The minimum atomic E-state index is -1.77. The number of carbonyl (C=O) groups is 2. The van der Waals surface area contributed by atoms with E-state index in [0.717, 1.165) is 5.39 Å². The first kappa shape index (κ1) is 23.1. The smallest absolute Gasteiger partial charge is 0.259 e. The first-order chi connectivity index (χ1) is 16.3. The highest BCUT2D eigenvalue weighted by Crippen LogP contribution is 2.25. The molecule has 2 heterocycles. The first-order valence-electron chi connectivity index (χ1n) is 10.6. The average Bonchev–Trinajstić information content (AvgIpc) is 2.85. The van der Waals surface area contributed by atoms with Gasteiger partial charge in [-0.1, -0.05) is 6.07 Å². The van der Waals surface area contributed by atoms with Gasteiger partial charge in [0.25, 0.3) is 17.4 Å². The quantitative estimate of drug-likeness (QED) is 0.503. The van der Waals surface area contributed by atoms with Gasteiger partial charge in [0.15, 0.2) is 12.2 Å². The third kappa shape index (κ3) is 4.27. The molecule has 0 saturated carbocycles. The van der Waals surface area contributed by atoms with E-state index >= 15 is 0 Å². The lowest BCUT2D eigenvalue weighted by molar-refractivity contribution is -0.150. The van der Waals surface area contributed by atoms with Crippen LogP contribution in [0.1, 0.15) is 11.1 Å². The van der Waals surface area contributed by atoms with Gasteiger partial charge >= 0.3 is 0 Å². The van der Waals surface area contributed by atoms with E-state index in [1.807, 2.05) is 6.07 Å². The maximum absolute atomic E-state index is 13.1. The highest BCUT2D eigenvalue weighted by molar-refractivity contribution is 6.04. The molecule has 0 spiro atoms. The number of aliphatic hydroxyl groups excluding tert-OH is 1. The Kier molecular flexibility index (Phi) is 6.43. The Morgan fingerprint density at radius 2 is 2.03 bits per heavy atom. The lowest BCUT2D eigenvalue weighted by Gasteiger charge is -2.34. The summed E-state index contributed by atoms with van der Waals surface area (Å²) in [4.78, 5) is 39.2. The molecule has 1 aliphatic rings. The van der Waals surface area contributed by atoms with Crippen molar-refractivity contribution in [1.29, 1.82) is 5.26 Å². The van der Waals surface area contributed by atoms with Gasteiger partial charge in [0.1, 0.15) is 0 Å². The molecule has 4 rings (SSSR count). The number of fused-ring (bicyclic) bond motifs is 1. The number of aryl methyl sites for hydroxylation is 1. The molecule has 0 unspecified atom stereocenters. The number of anilines is 2. The molecule has 0 radical (unpaired) electrons. The normalized spacial score (nSPS) is 16.8. The zero-order valence-corrected chi connectivity index (χ0v) is 18.4. The highest BCUT2D eigenvalue weighted by atomic mass is 16.5. The molecule has 2 amide bonds. The molecule has 0 bridgehead atoms. The van der Waals surface area contributed by atoms with Crippen molar-refractivity contribution in [2.45, 2.75) is 18.8 Å².